The number of methoxy groups -OCH3 is 1. The van der Waals surface area contributed by atoms with Crippen molar-refractivity contribution in [3.05, 3.63) is 28.2 Å². The first-order chi connectivity index (χ1) is 7.31. The number of morpholine rings is 1. The zero-order valence-corrected chi connectivity index (χ0v) is 11.4. The molecule has 0 unspecified atom stereocenters. The Bertz CT molecular complexity index is 343. The molecule has 1 atom stereocenters. The highest BCUT2D eigenvalue weighted by Crippen LogP contribution is 2.29. The second-order valence-corrected chi connectivity index (χ2v) is 4.38. The van der Waals surface area contributed by atoms with E-state index < -0.39 is 0 Å². The predicted octanol–water partition coefficient (Wildman–Crippen LogP) is 2.54. The smallest absolute Gasteiger partial charge is 0.124 e. The highest BCUT2D eigenvalue weighted by Gasteiger charge is 2.18. The number of benzene rings is 1. The van der Waals surface area contributed by atoms with E-state index in [1.165, 1.54) is 0 Å². The van der Waals surface area contributed by atoms with Crippen LogP contribution < -0.4 is 10.1 Å². The van der Waals surface area contributed by atoms with Gasteiger partial charge in [0, 0.05) is 16.6 Å². The summed E-state index contributed by atoms with van der Waals surface area (Å²) < 4.78 is 11.8. The zero-order valence-electron chi connectivity index (χ0n) is 9.03. The molecule has 0 amide bonds. The summed E-state index contributed by atoms with van der Waals surface area (Å²) in [5, 5.41) is 3.41. The number of halogens is 2. The molecular weight excluding hydrogens is 293 g/mol. The summed E-state index contributed by atoms with van der Waals surface area (Å²) >= 11 is 3.43. The minimum absolute atomic E-state index is 0. The van der Waals surface area contributed by atoms with Gasteiger partial charge in [-0.15, -0.1) is 12.4 Å². The summed E-state index contributed by atoms with van der Waals surface area (Å²) in [6.07, 6.45) is 0. The molecule has 1 fully saturated rings. The van der Waals surface area contributed by atoms with Crippen LogP contribution in [-0.4, -0.2) is 26.9 Å². The lowest BCUT2D eigenvalue weighted by Crippen LogP contribution is -2.34. The van der Waals surface area contributed by atoms with E-state index in [0.717, 1.165) is 28.9 Å². The first-order valence-electron chi connectivity index (χ1n) is 4.96. The average molecular weight is 309 g/mol. The maximum Gasteiger partial charge on any atom is 0.124 e. The van der Waals surface area contributed by atoms with Gasteiger partial charge in [-0.25, -0.2) is 0 Å². The monoisotopic (exact) mass is 307 g/mol. The molecule has 1 aromatic carbocycles. The molecule has 16 heavy (non-hydrogen) atoms. The fourth-order valence-corrected chi connectivity index (χ4v) is 2.08. The lowest BCUT2D eigenvalue weighted by Gasteiger charge is -2.25. The molecule has 0 aliphatic carbocycles. The summed E-state index contributed by atoms with van der Waals surface area (Å²) in [7, 11) is 1.69. The second-order valence-electron chi connectivity index (χ2n) is 3.47. The van der Waals surface area contributed by atoms with Crippen LogP contribution in [0.15, 0.2) is 22.7 Å². The summed E-state index contributed by atoms with van der Waals surface area (Å²) in [6.45, 7) is 2.39. The molecule has 0 spiro atoms. The van der Waals surface area contributed by atoms with Crippen LogP contribution in [0.25, 0.3) is 0 Å². The van der Waals surface area contributed by atoms with Gasteiger partial charge in [-0.2, -0.15) is 0 Å². The molecule has 2 rings (SSSR count). The first kappa shape index (κ1) is 13.8. The fraction of sp³-hybridized carbons (Fsp3) is 0.455. The maximum atomic E-state index is 5.44. The van der Waals surface area contributed by atoms with Crippen LogP contribution in [-0.2, 0) is 4.74 Å². The summed E-state index contributed by atoms with van der Waals surface area (Å²) in [6, 6.07) is 6.30. The van der Waals surface area contributed by atoms with Gasteiger partial charge >= 0.3 is 0 Å². The molecule has 0 bridgehead atoms. The van der Waals surface area contributed by atoms with Crippen LogP contribution in [0.1, 0.15) is 11.6 Å². The fourth-order valence-electron chi connectivity index (χ4n) is 1.74. The Kier molecular flexibility index (Phi) is 5.55. The molecular formula is C11H15BrClNO2. The van der Waals surface area contributed by atoms with Crippen molar-refractivity contribution in [3.8, 4) is 5.75 Å². The van der Waals surface area contributed by atoms with Gasteiger partial charge in [-0.05, 0) is 12.1 Å². The molecule has 5 heteroatoms. The quantitative estimate of drug-likeness (QED) is 0.911. The van der Waals surface area contributed by atoms with Crippen LogP contribution in [0.4, 0.5) is 0 Å². The summed E-state index contributed by atoms with van der Waals surface area (Å²) in [5.74, 6) is 0.896. The van der Waals surface area contributed by atoms with Gasteiger partial charge in [0.1, 0.15) is 5.75 Å². The van der Waals surface area contributed by atoms with Crippen molar-refractivity contribution in [2.24, 2.45) is 0 Å². The molecule has 3 nitrogen and oxygen atoms in total. The van der Waals surface area contributed by atoms with E-state index in [-0.39, 0.29) is 18.4 Å². The third kappa shape index (κ3) is 3.10. The molecule has 1 saturated heterocycles. The molecule has 0 aromatic heterocycles. The third-order valence-corrected chi connectivity index (χ3v) is 2.99. The molecule has 1 aromatic rings. The lowest BCUT2D eigenvalue weighted by molar-refractivity contribution is 0.0760. The Balaban J connectivity index is 0.00000128. The Labute approximate surface area is 110 Å². The zero-order chi connectivity index (χ0) is 10.7. The predicted molar refractivity (Wildman–Crippen MR) is 69.5 cm³/mol. The van der Waals surface area contributed by atoms with Gasteiger partial charge in [0.05, 0.1) is 26.4 Å². The maximum absolute atomic E-state index is 5.44. The topological polar surface area (TPSA) is 30.5 Å². The highest BCUT2D eigenvalue weighted by atomic mass is 79.9. The molecule has 0 radical (unpaired) electrons. The van der Waals surface area contributed by atoms with Crippen LogP contribution in [0, 0.1) is 0 Å². The minimum Gasteiger partial charge on any atom is -0.496 e. The van der Waals surface area contributed by atoms with Crippen molar-refractivity contribution < 1.29 is 9.47 Å². The molecule has 1 aliphatic rings. The van der Waals surface area contributed by atoms with Crippen molar-refractivity contribution in [3.63, 3.8) is 0 Å². The minimum atomic E-state index is 0. The Morgan fingerprint density at radius 1 is 1.50 bits per heavy atom. The number of hydrogen-bond acceptors (Lipinski definition) is 3. The molecule has 1 aliphatic heterocycles. The standard InChI is InChI=1S/C11H14BrNO2.ClH/c1-14-11-6-8(12)2-3-9(11)10-7-15-5-4-13-10;/h2-3,6,10,13H,4-5,7H2,1H3;1H/t10-;/m0./s1. The number of nitrogens with one attached hydrogen (secondary N) is 1. The highest BCUT2D eigenvalue weighted by molar-refractivity contribution is 9.10. The van der Waals surface area contributed by atoms with E-state index in [1.807, 2.05) is 12.1 Å². The van der Waals surface area contributed by atoms with Crippen LogP contribution in [0.3, 0.4) is 0 Å². The average Bonchev–Trinajstić information content (AvgIpc) is 2.30. The van der Waals surface area contributed by atoms with Gasteiger partial charge < -0.3 is 14.8 Å². The lowest BCUT2D eigenvalue weighted by atomic mass is 10.1. The summed E-state index contributed by atoms with van der Waals surface area (Å²) in [5.41, 5.74) is 1.15. The number of rotatable bonds is 2. The SMILES string of the molecule is COc1cc(Br)ccc1[C@@H]1COCCN1.Cl. The van der Waals surface area contributed by atoms with Crippen LogP contribution in [0.2, 0.25) is 0 Å². The molecule has 0 saturated carbocycles. The van der Waals surface area contributed by atoms with Crippen molar-refractivity contribution in [1.29, 1.82) is 0 Å². The molecule has 1 heterocycles. The van der Waals surface area contributed by atoms with Crippen molar-refractivity contribution in [2.45, 2.75) is 6.04 Å². The normalized spacial score (nSPS) is 20.0. The number of hydrogen-bond donors (Lipinski definition) is 1. The Morgan fingerprint density at radius 2 is 2.31 bits per heavy atom. The van der Waals surface area contributed by atoms with E-state index in [1.54, 1.807) is 7.11 Å². The largest absolute Gasteiger partial charge is 0.496 e. The van der Waals surface area contributed by atoms with Gasteiger partial charge in [0.15, 0.2) is 0 Å². The summed E-state index contributed by atoms with van der Waals surface area (Å²) in [4.78, 5) is 0. The van der Waals surface area contributed by atoms with Gasteiger partial charge in [0.2, 0.25) is 0 Å². The van der Waals surface area contributed by atoms with E-state index in [4.69, 9.17) is 9.47 Å². The van der Waals surface area contributed by atoms with Crippen LogP contribution >= 0.6 is 28.3 Å². The molecule has 90 valence electrons. The second kappa shape index (κ2) is 6.45. The van der Waals surface area contributed by atoms with E-state index in [2.05, 4.69) is 27.3 Å². The molecule has 1 N–H and O–H groups in total. The Morgan fingerprint density at radius 3 is 2.94 bits per heavy atom. The van der Waals surface area contributed by atoms with Crippen molar-refractivity contribution >= 4 is 28.3 Å². The van der Waals surface area contributed by atoms with E-state index in [9.17, 15) is 0 Å². The number of ether oxygens (including phenoxy) is 2. The Hall–Kier alpha value is -0.290. The van der Waals surface area contributed by atoms with Crippen molar-refractivity contribution in [2.75, 3.05) is 26.9 Å². The van der Waals surface area contributed by atoms with Gasteiger partial charge in [0.25, 0.3) is 0 Å². The van der Waals surface area contributed by atoms with Crippen molar-refractivity contribution in [1.82, 2.24) is 5.32 Å². The van der Waals surface area contributed by atoms with Crippen LogP contribution in [0.5, 0.6) is 5.75 Å². The van der Waals surface area contributed by atoms with E-state index >= 15 is 0 Å². The van der Waals surface area contributed by atoms with Gasteiger partial charge in [-0.1, -0.05) is 22.0 Å². The first-order valence-corrected chi connectivity index (χ1v) is 5.75. The third-order valence-electron chi connectivity index (χ3n) is 2.49. The van der Waals surface area contributed by atoms with E-state index in [0.29, 0.717) is 6.61 Å². The van der Waals surface area contributed by atoms with Gasteiger partial charge in [-0.3, -0.25) is 0 Å².